The van der Waals surface area contributed by atoms with Crippen LogP contribution in [0.4, 0.5) is 4.79 Å². The fourth-order valence-corrected chi connectivity index (χ4v) is 1.79. The Morgan fingerprint density at radius 2 is 1.94 bits per heavy atom. The topological polar surface area (TPSA) is 72.9 Å². The van der Waals surface area contributed by atoms with E-state index in [4.69, 9.17) is 4.74 Å². The van der Waals surface area contributed by atoms with Gasteiger partial charge in [0.25, 0.3) is 0 Å². The van der Waals surface area contributed by atoms with Crippen molar-refractivity contribution in [3.05, 3.63) is 0 Å². The van der Waals surface area contributed by atoms with Crippen molar-refractivity contribution in [1.29, 1.82) is 0 Å². The van der Waals surface area contributed by atoms with Gasteiger partial charge in [0.15, 0.2) is 0 Å². The summed E-state index contributed by atoms with van der Waals surface area (Å²) in [5.41, 5.74) is -0.653. The third-order valence-electron chi connectivity index (χ3n) is 2.50. The molecule has 0 N–H and O–H groups in total. The van der Waals surface area contributed by atoms with E-state index in [-0.39, 0.29) is 6.42 Å². The summed E-state index contributed by atoms with van der Waals surface area (Å²) in [6.07, 6.45) is 0.413. The molecule has 0 radical (unpaired) electrons. The molecule has 2 amide bonds. The first-order chi connectivity index (χ1) is 8.26. The molecule has 0 aromatic rings. The molecule has 1 unspecified atom stereocenters. The quantitative estimate of drug-likeness (QED) is 0.665. The molecule has 1 aliphatic heterocycles. The van der Waals surface area contributed by atoms with Crippen LogP contribution < -0.4 is 0 Å². The average Bonchev–Trinajstić information content (AvgIpc) is 2.25. The Balaban J connectivity index is 2.86. The summed E-state index contributed by atoms with van der Waals surface area (Å²) < 4.78 is 9.74. The molecular formula is C12H19NO5. The van der Waals surface area contributed by atoms with Gasteiger partial charge in [0.1, 0.15) is 11.6 Å². The van der Waals surface area contributed by atoms with Crippen LogP contribution in [0.25, 0.3) is 0 Å². The van der Waals surface area contributed by atoms with Crippen molar-refractivity contribution < 1.29 is 23.9 Å². The summed E-state index contributed by atoms with van der Waals surface area (Å²) in [6.45, 7) is 5.20. The zero-order valence-corrected chi connectivity index (χ0v) is 11.2. The number of rotatable bonds is 1. The highest BCUT2D eigenvalue weighted by atomic mass is 16.6. The molecule has 1 rings (SSSR count). The van der Waals surface area contributed by atoms with Crippen LogP contribution in [-0.4, -0.2) is 41.6 Å². The van der Waals surface area contributed by atoms with Crippen LogP contribution in [0.5, 0.6) is 0 Å². The third kappa shape index (κ3) is 3.45. The predicted octanol–water partition coefficient (Wildman–Crippen LogP) is 1.48. The number of methoxy groups -OCH3 is 1. The van der Waals surface area contributed by atoms with E-state index in [1.54, 1.807) is 20.8 Å². The molecule has 0 aromatic heterocycles. The van der Waals surface area contributed by atoms with E-state index in [0.717, 1.165) is 4.90 Å². The maximum atomic E-state index is 12.0. The number of likely N-dealkylation sites (tertiary alicyclic amines) is 1. The number of esters is 1. The Labute approximate surface area is 106 Å². The number of carbonyl (C=O) groups excluding carboxylic acids is 3. The normalized spacial score (nSPS) is 20.6. The van der Waals surface area contributed by atoms with E-state index in [1.807, 2.05) is 0 Å². The van der Waals surface area contributed by atoms with Crippen molar-refractivity contribution in [2.24, 2.45) is 0 Å². The van der Waals surface area contributed by atoms with Gasteiger partial charge in [-0.3, -0.25) is 4.79 Å². The Morgan fingerprint density at radius 3 is 2.44 bits per heavy atom. The maximum absolute atomic E-state index is 12.0. The lowest BCUT2D eigenvalue weighted by atomic mass is 10.0. The second-order valence-corrected chi connectivity index (χ2v) is 5.18. The van der Waals surface area contributed by atoms with Gasteiger partial charge < -0.3 is 9.47 Å². The smallest absolute Gasteiger partial charge is 0.417 e. The molecule has 1 saturated heterocycles. The number of nitrogens with zero attached hydrogens (tertiary/aromatic N) is 1. The van der Waals surface area contributed by atoms with E-state index < -0.39 is 29.6 Å². The second-order valence-electron chi connectivity index (χ2n) is 5.18. The van der Waals surface area contributed by atoms with Crippen molar-refractivity contribution in [3.8, 4) is 0 Å². The number of hydrogen-bond donors (Lipinski definition) is 0. The Morgan fingerprint density at radius 1 is 1.33 bits per heavy atom. The minimum atomic E-state index is -0.877. The number of ether oxygens (including phenoxy) is 2. The third-order valence-corrected chi connectivity index (χ3v) is 2.50. The molecule has 18 heavy (non-hydrogen) atoms. The highest BCUT2D eigenvalue weighted by Crippen LogP contribution is 2.22. The number of piperidine rings is 1. The number of carbonyl (C=O) groups is 3. The van der Waals surface area contributed by atoms with Gasteiger partial charge in [-0.25, -0.2) is 14.5 Å². The Hall–Kier alpha value is -1.59. The number of hydrogen-bond acceptors (Lipinski definition) is 5. The SMILES string of the molecule is COC(=O)N1C(=O)CCCC1C(=O)OC(C)(C)C. The van der Waals surface area contributed by atoms with Crippen molar-refractivity contribution in [2.45, 2.75) is 51.7 Å². The van der Waals surface area contributed by atoms with Gasteiger partial charge in [-0.1, -0.05) is 0 Å². The lowest BCUT2D eigenvalue weighted by Crippen LogP contribution is -2.52. The van der Waals surface area contributed by atoms with E-state index in [2.05, 4.69) is 4.74 Å². The van der Waals surface area contributed by atoms with E-state index in [1.165, 1.54) is 7.11 Å². The van der Waals surface area contributed by atoms with Gasteiger partial charge in [0, 0.05) is 6.42 Å². The summed E-state index contributed by atoms with van der Waals surface area (Å²) in [6, 6.07) is -0.877. The molecule has 102 valence electrons. The summed E-state index contributed by atoms with van der Waals surface area (Å²) in [4.78, 5) is 36.1. The molecule has 1 atom stereocenters. The fourth-order valence-electron chi connectivity index (χ4n) is 1.79. The van der Waals surface area contributed by atoms with Crippen molar-refractivity contribution in [2.75, 3.05) is 7.11 Å². The van der Waals surface area contributed by atoms with E-state index >= 15 is 0 Å². The zero-order chi connectivity index (χ0) is 13.9. The van der Waals surface area contributed by atoms with Gasteiger partial charge in [0.05, 0.1) is 7.11 Å². The average molecular weight is 257 g/mol. The Kier molecular flexibility index (Phi) is 4.32. The van der Waals surface area contributed by atoms with Crippen molar-refractivity contribution in [3.63, 3.8) is 0 Å². The van der Waals surface area contributed by atoms with Crippen LogP contribution in [0.1, 0.15) is 40.0 Å². The maximum Gasteiger partial charge on any atom is 0.417 e. The molecule has 1 fully saturated rings. The molecule has 0 spiro atoms. The van der Waals surface area contributed by atoms with Gasteiger partial charge >= 0.3 is 12.1 Å². The largest absolute Gasteiger partial charge is 0.458 e. The molecule has 1 heterocycles. The molecule has 6 nitrogen and oxygen atoms in total. The molecule has 6 heteroatoms. The first kappa shape index (κ1) is 14.5. The summed E-state index contributed by atoms with van der Waals surface area (Å²) in [7, 11) is 1.18. The zero-order valence-electron chi connectivity index (χ0n) is 11.2. The first-order valence-electron chi connectivity index (χ1n) is 5.89. The van der Waals surface area contributed by atoms with Crippen LogP contribution in [-0.2, 0) is 19.1 Å². The van der Waals surface area contributed by atoms with Gasteiger partial charge in [-0.05, 0) is 33.6 Å². The number of imide groups is 1. The first-order valence-corrected chi connectivity index (χ1v) is 5.89. The van der Waals surface area contributed by atoms with Gasteiger partial charge in [-0.15, -0.1) is 0 Å². The van der Waals surface area contributed by atoms with Gasteiger partial charge in [0.2, 0.25) is 5.91 Å². The second kappa shape index (κ2) is 5.37. The van der Waals surface area contributed by atoms with Crippen LogP contribution in [0.2, 0.25) is 0 Å². The highest BCUT2D eigenvalue weighted by molar-refractivity contribution is 5.97. The summed E-state index contributed by atoms with van der Waals surface area (Å²) in [5, 5.41) is 0. The molecule has 0 bridgehead atoms. The number of amides is 2. The van der Waals surface area contributed by atoms with Crippen molar-refractivity contribution in [1.82, 2.24) is 4.90 Å². The standard InChI is InChI=1S/C12H19NO5/c1-12(2,3)18-10(15)8-6-5-7-9(14)13(8)11(16)17-4/h8H,5-7H2,1-4H3. The summed E-state index contributed by atoms with van der Waals surface area (Å²) >= 11 is 0. The van der Waals surface area contributed by atoms with E-state index in [9.17, 15) is 14.4 Å². The molecule has 1 aliphatic rings. The predicted molar refractivity (Wildman–Crippen MR) is 62.7 cm³/mol. The monoisotopic (exact) mass is 257 g/mol. The van der Waals surface area contributed by atoms with Crippen LogP contribution >= 0.6 is 0 Å². The van der Waals surface area contributed by atoms with Crippen molar-refractivity contribution >= 4 is 18.0 Å². The van der Waals surface area contributed by atoms with Crippen LogP contribution in [0, 0.1) is 0 Å². The highest BCUT2D eigenvalue weighted by Gasteiger charge is 2.40. The lowest BCUT2D eigenvalue weighted by molar-refractivity contribution is -0.165. The molecular weight excluding hydrogens is 238 g/mol. The molecule has 0 aliphatic carbocycles. The molecule has 0 saturated carbocycles. The van der Waals surface area contributed by atoms with Crippen LogP contribution in [0.15, 0.2) is 0 Å². The Bertz CT molecular complexity index is 350. The van der Waals surface area contributed by atoms with Crippen LogP contribution in [0.3, 0.4) is 0 Å². The summed E-state index contributed by atoms with van der Waals surface area (Å²) in [5.74, 6) is -0.968. The van der Waals surface area contributed by atoms with E-state index in [0.29, 0.717) is 12.8 Å². The minimum Gasteiger partial charge on any atom is -0.458 e. The fraction of sp³-hybridized carbons (Fsp3) is 0.750. The van der Waals surface area contributed by atoms with Gasteiger partial charge in [-0.2, -0.15) is 0 Å². The minimum absolute atomic E-state index is 0.244. The lowest BCUT2D eigenvalue weighted by Gasteiger charge is -2.33. The molecule has 0 aromatic carbocycles.